The third-order valence-corrected chi connectivity index (χ3v) is 3.20. The third-order valence-electron chi connectivity index (χ3n) is 2.96. The molecule has 0 aliphatic carbocycles. The van der Waals surface area contributed by atoms with Gasteiger partial charge in [0.1, 0.15) is 0 Å². The molecule has 19 heavy (non-hydrogen) atoms. The lowest BCUT2D eigenvalue weighted by Gasteiger charge is -2.06. The summed E-state index contributed by atoms with van der Waals surface area (Å²) in [5.74, 6) is 0.0719. The van der Waals surface area contributed by atoms with Crippen LogP contribution in [0.2, 0.25) is 5.02 Å². The first-order chi connectivity index (χ1) is 9.19. The molecular weight excluding hydrogens is 258 g/mol. The first-order valence-electron chi connectivity index (χ1n) is 6.30. The minimum atomic E-state index is 0.0719. The number of benzene rings is 2. The van der Waals surface area contributed by atoms with Crippen LogP contribution in [0.5, 0.6) is 0 Å². The van der Waals surface area contributed by atoms with Crippen LogP contribution in [0, 0.1) is 0 Å². The predicted octanol–water partition coefficient (Wildman–Crippen LogP) is 4.20. The van der Waals surface area contributed by atoms with E-state index in [1.54, 1.807) is 12.1 Å². The number of hydrogen-bond donors (Lipinski definition) is 1. The van der Waals surface area contributed by atoms with Gasteiger partial charge in [0.25, 0.3) is 0 Å². The highest BCUT2D eigenvalue weighted by molar-refractivity contribution is 6.30. The summed E-state index contributed by atoms with van der Waals surface area (Å²) >= 11 is 5.89. The molecule has 0 unspecified atom stereocenters. The van der Waals surface area contributed by atoms with E-state index in [2.05, 4.69) is 12.2 Å². The lowest BCUT2D eigenvalue weighted by molar-refractivity contribution is 0.101. The van der Waals surface area contributed by atoms with Crippen molar-refractivity contribution in [3.8, 4) is 0 Å². The standard InChI is InChI=1S/C16H16ClNO/c1-2-12-6-8-13(9-7-12)16(19)11-18-15-5-3-4-14(17)10-15/h3-10,18H,2,11H2,1H3. The van der Waals surface area contributed by atoms with Gasteiger partial charge in [-0.3, -0.25) is 4.79 Å². The molecule has 2 aromatic carbocycles. The first-order valence-corrected chi connectivity index (χ1v) is 6.68. The summed E-state index contributed by atoms with van der Waals surface area (Å²) < 4.78 is 0. The summed E-state index contributed by atoms with van der Waals surface area (Å²) in [6.07, 6.45) is 0.981. The number of carbonyl (C=O) groups is 1. The van der Waals surface area contributed by atoms with E-state index in [1.807, 2.05) is 36.4 Å². The molecule has 1 N–H and O–H groups in total. The van der Waals surface area contributed by atoms with Gasteiger partial charge < -0.3 is 5.32 Å². The molecular formula is C16H16ClNO. The van der Waals surface area contributed by atoms with Crippen LogP contribution in [0.15, 0.2) is 48.5 Å². The number of ketones is 1. The van der Waals surface area contributed by atoms with Gasteiger partial charge in [-0.05, 0) is 30.2 Å². The Bertz CT molecular complexity index is 563. The Morgan fingerprint density at radius 1 is 1.16 bits per heavy atom. The fraction of sp³-hybridized carbons (Fsp3) is 0.188. The van der Waals surface area contributed by atoms with Crippen molar-refractivity contribution < 1.29 is 4.79 Å². The minimum Gasteiger partial charge on any atom is -0.378 e. The molecule has 0 heterocycles. The summed E-state index contributed by atoms with van der Waals surface area (Å²) in [4.78, 5) is 12.0. The maximum atomic E-state index is 12.0. The highest BCUT2D eigenvalue weighted by Gasteiger charge is 2.05. The lowest BCUT2D eigenvalue weighted by Crippen LogP contribution is -2.13. The lowest BCUT2D eigenvalue weighted by atomic mass is 10.1. The minimum absolute atomic E-state index is 0.0719. The number of hydrogen-bond acceptors (Lipinski definition) is 2. The molecule has 0 saturated carbocycles. The zero-order valence-electron chi connectivity index (χ0n) is 10.8. The van der Waals surface area contributed by atoms with Crippen molar-refractivity contribution in [2.45, 2.75) is 13.3 Å². The van der Waals surface area contributed by atoms with Gasteiger partial charge in [0.2, 0.25) is 0 Å². The van der Waals surface area contributed by atoms with Crippen LogP contribution in [0.1, 0.15) is 22.8 Å². The van der Waals surface area contributed by atoms with Crippen molar-refractivity contribution in [1.29, 1.82) is 0 Å². The van der Waals surface area contributed by atoms with E-state index >= 15 is 0 Å². The molecule has 0 fully saturated rings. The monoisotopic (exact) mass is 273 g/mol. The van der Waals surface area contributed by atoms with Crippen molar-refractivity contribution >= 4 is 23.1 Å². The van der Waals surface area contributed by atoms with E-state index < -0.39 is 0 Å². The van der Waals surface area contributed by atoms with Crippen LogP contribution >= 0.6 is 11.6 Å². The Hall–Kier alpha value is -1.80. The van der Waals surface area contributed by atoms with Gasteiger partial charge in [-0.15, -0.1) is 0 Å². The summed E-state index contributed by atoms with van der Waals surface area (Å²) in [6.45, 7) is 2.36. The Labute approximate surface area is 118 Å². The molecule has 0 amide bonds. The molecule has 2 nitrogen and oxygen atoms in total. The van der Waals surface area contributed by atoms with Crippen molar-refractivity contribution in [3.63, 3.8) is 0 Å². The normalized spacial score (nSPS) is 10.2. The van der Waals surface area contributed by atoms with Crippen molar-refractivity contribution in [3.05, 3.63) is 64.7 Å². The Kier molecular flexibility index (Phi) is 4.58. The Balaban J connectivity index is 1.97. The second-order valence-electron chi connectivity index (χ2n) is 4.34. The number of nitrogens with one attached hydrogen (secondary N) is 1. The highest BCUT2D eigenvalue weighted by atomic mass is 35.5. The van der Waals surface area contributed by atoms with Gasteiger partial charge in [0, 0.05) is 16.3 Å². The first kappa shape index (κ1) is 13.6. The fourth-order valence-corrected chi connectivity index (χ4v) is 2.00. The van der Waals surface area contributed by atoms with E-state index in [0.29, 0.717) is 5.02 Å². The number of aryl methyl sites for hydroxylation is 1. The second-order valence-corrected chi connectivity index (χ2v) is 4.77. The maximum absolute atomic E-state index is 12.0. The van der Waals surface area contributed by atoms with Gasteiger partial charge in [-0.25, -0.2) is 0 Å². The molecule has 0 radical (unpaired) electrons. The molecule has 3 heteroatoms. The highest BCUT2D eigenvalue weighted by Crippen LogP contribution is 2.15. The summed E-state index contributed by atoms with van der Waals surface area (Å²) in [5.41, 5.74) is 2.82. The van der Waals surface area contributed by atoms with Crippen LogP contribution < -0.4 is 5.32 Å². The zero-order valence-corrected chi connectivity index (χ0v) is 11.6. The van der Waals surface area contributed by atoms with E-state index in [1.165, 1.54) is 5.56 Å². The molecule has 0 aromatic heterocycles. The number of halogens is 1. The number of carbonyl (C=O) groups excluding carboxylic acids is 1. The number of anilines is 1. The molecule has 2 rings (SSSR count). The maximum Gasteiger partial charge on any atom is 0.181 e. The molecule has 0 atom stereocenters. The van der Waals surface area contributed by atoms with Crippen LogP contribution in [0.3, 0.4) is 0 Å². The van der Waals surface area contributed by atoms with Crippen molar-refractivity contribution in [2.24, 2.45) is 0 Å². The molecule has 98 valence electrons. The topological polar surface area (TPSA) is 29.1 Å². The molecule has 0 bridgehead atoms. The quantitative estimate of drug-likeness (QED) is 0.828. The van der Waals surface area contributed by atoms with E-state index in [0.717, 1.165) is 17.7 Å². The van der Waals surface area contributed by atoms with Gasteiger partial charge in [0.15, 0.2) is 5.78 Å². The van der Waals surface area contributed by atoms with E-state index in [4.69, 9.17) is 11.6 Å². The van der Waals surface area contributed by atoms with Crippen LogP contribution in [-0.4, -0.2) is 12.3 Å². The Morgan fingerprint density at radius 3 is 2.53 bits per heavy atom. The smallest absolute Gasteiger partial charge is 0.181 e. The summed E-state index contributed by atoms with van der Waals surface area (Å²) in [7, 11) is 0. The SMILES string of the molecule is CCc1ccc(C(=O)CNc2cccc(Cl)c2)cc1. The number of Topliss-reactive ketones (excluding diaryl/α,β-unsaturated/α-hetero) is 1. The largest absolute Gasteiger partial charge is 0.378 e. The van der Waals surface area contributed by atoms with Crippen LogP contribution in [0.4, 0.5) is 5.69 Å². The van der Waals surface area contributed by atoms with Gasteiger partial charge in [-0.2, -0.15) is 0 Å². The zero-order chi connectivity index (χ0) is 13.7. The molecule has 0 saturated heterocycles. The van der Waals surface area contributed by atoms with Crippen LogP contribution in [-0.2, 0) is 6.42 Å². The van der Waals surface area contributed by atoms with E-state index in [-0.39, 0.29) is 12.3 Å². The average Bonchev–Trinajstić information content (AvgIpc) is 2.45. The average molecular weight is 274 g/mol. The summed E-state index contributed by atoms with van der Waals surface area (Å²) in [5, 5.41) is 3.74. The predicted molar refractivity (Wildman–Crippen MR) is 80.1 cm³/mol. The van der Waals surface area contributed by atoms with Crippen LogP contribution in [0.25, 0.3) is 0 Å². The molecule has 0 spiro atoms. The number of rotatable bonds is 5. The molecule has 0 aliphatic rings. The molecule has 2 aromatic rings. The van der Waals surface area contributed by atoms with Gasteiger partial charge >= 0.3 is 0 Å². The Morgan fingerprint density at radius 2 is 1.89 bits per heavy atom. The van der Waals surface area contributed by atoms with Crippen molar-refractivity contribution in [1.82, 2.24) is 0 Å². The summed E-state index contributed by atoms with van der Waals surface area (Å²) in [6, 6.07) is 15.1. The third kappa shape index (κ3) is 3.83. The van der Waals surface area contributed by atoms with Crippen molar-refractivity contribution in [2.75, 3.05) is 11.9 Å². The van der Waals surface area contributed by atoms with E-state index in [9.17, 15) is 4.79 Å². The second kappa shape index (κ2) is 6.39. The fourth-order valence-electron chi connectivity index (χ4n) is 1.81. The molecule has 0 aliphatic heterocycles. The van der Waals surface area contributed by atoms with Gasteiger partial charge in [0.05, 0.1) is 6.54 Å². The van der Waals surface area contributed by atoms with Gasteiger partial charge in [-0.1, -0.05) is 48.9 Å².